The summed E-state index contributed by atoms with van der Waals surface area (Å²) in [5.41, 5.74) is 7.21. The second-order valence-corrected chi connectivity index (χ2v) is 6.55. The summed E-state index contributed by atoms with van der Waals surface area (Å²) in [5, 5.41) is 3.82. The molecule has 0 radical (unpaired) electrons. The lowest BCUT2D eigenvalue weighted by Gasteiger charge is -1.92. The zero-order valence-corrected chi connectivity index (χ0v) is 12.3. The lowest BCUT2D eigenvalue weighted by molar-refractivity contribution is 0.436. The Morgan fingerprint density at radius 1 is 1.29 bits per heavy atom. The van der Waals surface area contributed by atoms with E-state index in [4.69, 9.17) is 10.3 Å². The van der Waals surface area contributed by atoms with Crippen LogP contribution in [0.15, 0.2) is 10.6 Å². The summed E-state index contributed by atoms with van der Waals surface area (Å²) in [7, 11) is 0. The van der Waals surface area contributed by atoms with Crippen LogP contribution < -0.4 is 5.73 Å². The van der Waals surface area contributed by atoms with Gasteiger partial charge in [-0.15, -0.1) is 11.3 Å². The Bertz CT molecular complexity index is 523. The molecule has 0 saturated heterocycles. The number of fused-ring (bicyclic) bond motifs is 1. The Labute approximate surface area is 118 Å². The van der Waals surface area contributed by atoms with Crippen LogP contribution in [0.5, 0.6) is 0 Å². The minimum atomic E-state index is 0.490. The van der Waals surface area contributed by atoms with Gasteiger partial charge in [-0.1, -0.05) is 11.6 Å². The molecule has 0 aromatic carbocycles. The van der Waals surface area contributed by atoms with Crippen LogP contribution in [-0.2, 0) is 12.8 Å². The van der Waals surface area contributed by atoms with Gasteiger partial charge in [0.2, 0.25) is 0 Å². The summed E-state index contributed by atoms with van der Waals surface area (Å²) < 4.78 is 6.25. The summed E-state index contributed by atoms with van der Waals surface area (Å²) in [5.74, 6) is 1.32. The fraction of sp³-hybridized carbons (Fsp3) is 0.417. The lowest BCUT2D eigenvalue weighted by atomic mass is 10.1. The van der Waals surface area contributed by atoms with E-state index in [0.29, 0.717) is 5.82 Å². The molecule has 1 aliphatic carbocycles. The minimum Gasteiger partial charge on any atom is -0.380 e. The Hall–Kier alpha value is -0.560. The van der Waals surface area contributed by atoms with E-state index in [1.54, 1.807) is 0 Å². The van der Waals surface area contributed by atoms with Gasteiger partial charge >= 0.3 is 0 Å². The standard InChI is InChI=1S/C12H13IN2OS/c13-10-11(16-15-12(10)14)9-6-7-4-2-1-3-5-8(7)17-9/h6H,1-5H2,(H2,14,15). The molecule has 2 aromatic rings. The molecular weight excluding hydrogens is 347 g/mol. The van der Waals surface area contributed by atoms with Gasteiger partial charge in [-0.25, -0.2) is 0 Å². The summed E-state index contributed by atoms with van der Waals surface area (Å²) in [4.78, 5) is 2.69. The summed E-state index contributed by atoms with van der Waals surface area (Å²) >= 11 is 4.03. The normalized spacial score (nSPS) is 15.6. The van der Waals surface area contributed by atoms with Crippen molar-refractivity contribution >= 4 is 39.7 Å². The van der Waals surface area contributed by atoms with Crippen LogP contribution in [0.25, 0.3) is 10.6 Å². The predicted molar refractivity (Wildman–Crippen MR) is 78.2 cm³/mol. The molecule has 2 N–H and O–H groups in total. The maximum absolute atomic E-state index is 5.72. The number of rotatable bonds is 1. The Kier molecular flexibility index (Phi) is 3.12. The molecule has 0 spiro atoms. The van der Waals surface area contributed by atoms with E-state index in [1.807, 2.05) is 11.3 Å². The van der Waals surface area contributed by atoms with Crippen molar-refractivity contribution in [2.24, 2.45) is 0 Å². The van der Waals surface area contributed by atoms with Crippen molar-refractivity contribution in [3.8, 4) is 10.6 Å². The highest BCUT2D eigenvalue weighted by Gasteiger charge is 2.19. The number of thiophene rings is 1. The van der Waals surface area contributed by atoms with Gasteiger partial charge in [0.1, 0.15) is 3.57 Å². The second kappa shape index (κ2) is 4.61. The summed E-state index contributed by atoms with van der Waals surface area (Å²) in [6, 6.07) is 2.26. The van der Waals surface area contributed by atoms with E-state index in [0.717, 1.165) is 9.33 Å². The van der Waals surface area contributed by atoms with Crippen LogP contribution >= 0.6 is 33.9 Å². The van der Waals surface area contributed by atoms with Crippen molar-refractivity contribution in [3.05, 3.63) is 20.1 Å². The Morgan fingerprint density at radius 3 is 2.88 bits per heavy atom. The van der Waals surface area contributed by atoms with E-state index >= 15 is 0 Å². The van der Waals surface area contributed by atoms with Crippen LogP contribution in [0, 0.1) is 3.57 Å². The molecule has 0 bridgehead atoms. The van der Waals surface area contributed by atoms with Crippen molar-refractivity contribution in [1.82, 2.24) is 5.16 Å². The number of aromatic nitrogens is 1. The first-order valence-corrected chi connectivity index (χ1v) is 7.68. The molecule has 17 heavy (non-hydrogen) atoms. The van der Waals surface area contributed by atoms with Gasteiger partial charge in [0.15, 0.2) is 11.6 Å². The van der Waals surface area contributed by atoms with Gasteiger partial charge in [-0.3, -0.25) is 0 Å². The fourth-order valence-corrected chi connectivity index (χ4v) is 4.13. The zero-order chi connectivity index (χ0) is 11.8. The highest BCUT2D eigenvalue weighted by Crippen LogP contribution is 2.38. The lowest BCUT2D eigenvalue weighted by Crippen LogP contribution is -1.85. The number of hydrogen-bond acceptors (Lipinski definition) is 4. The third kappa shape index (κ3) is 2.10. The summed E-state index contributed by atoms with van der Waals surface area (Å²) in [6.45, 7) is 0. The van der Waals surface area contributed by atoms with Crippen LogP contribution in [0.1, 0.15) is 29.7 Å². The van der Waals surface area contributed by atoms with Crippen molar-refractivity contribution < 1.29 is 4.52 Å². The van der Waals surface area contributed by atoms with Crippen LogP contribution in [0.2, 0.25) is 0 Å². The quantitative estimate of drug-likeness (QED) is 0.621. The smallest absolute Gasteiger partial charge is 0.192 e. The molecule has 0 fully saturated rings. The van der Waals surface area contributed by atoms with Gasteiger partial charge in [0.05, 0.1) is 4.88 Å². The SMILES string of the molecule is Nc1noc(-c2cc3c(s2)CCCCC3)c1I. The van der Waals surface area contributed by atoms with Gasteiger partial charge in [-0.05, 0) is 59.9 Å². The number of nitrogens with two attached hydrogens (primary N) is 1. The average Bonchev–Trinajstić information content (AvgIpc) is 2.78. The molecule has 5 heteroatoms. The van der Waals surface area contributed by atoms with E-state index < -0.39 is 0 Å². The van der Waals surface area contributed by atoms with E-state index in [1.165, 1.54) is 47.4 Å². The Balaban J connectivity index is 2.02. The average molecular weight is 360 g/mol. The predicted octanol–water partition coefficient (Wildman–Crippen LogP) is 3.86. The minimum absolute atomic E-state index is 0.490. The second-order valence-electron chi connectivity index (χ2n) is 4.33. The largest absolute Gasteiger partial charge is 0.380 e. The third-order valence-electron chi connectivity index (χ3n) is 3.13. The monoisotopic (exact) mass is 360 g/mol. The fourth-order valence-electron chi connectivity index (χ4n) is 2.22. The molecule has 0 amide bonds. The maximum atomic E-state index is 5.72. The molecule has 1 aliphatic rings. The number of anilines is 1. The van der Waals surface area contributed by atoms with Crippen LogP contribution in [-0.4, -0.2) is 5.16 Å². The number of nitrogens with zero attached hydrogens (tertiary/aromatic N) is 1. The van der Waals surface area contributed by atoms with Crippen molar-refractivity contribution in [3.63, 3.8) is 0 Å². The third-order valence-corrected chi connectivity index (χ3v) is 5.41. The topological polar surface area (TPSA) is 52.0 Å². The molecule has 0 atom stereocenters. The number of halogens is 1. The van der Waals surface area contributed by atoms with Crippen molar-refractivity contribution in [2.45, 2.75) is 32.1 Å². The molecule has 3 rings (SSSR count). The molecule has 0 aliphatic heterocycles. The molecular formula is C12H13IN2OS. The molecule has 2 heterocycles. The molecule has 0 unspecified atom stereocenters. The number of hydrogen-bond donors (Lipinski definition) is 1. The van der Waals surface area contributed by atoms with E-state index in [-0.39, 0.29) is 0 Å². The van der Waals surface area contributed by atoms with Gasteiger partial charge in [0, 0.05) is 4.88 Å². The van der Waals surface area contributed by atoms with Gasteiger partial charge in [0.25, 0.3) is 0 Å². The zero-order valence-electron chi connectivity index (χ0n) is 9.33. The highest BCUT2D eigenvalue weighted by molar-refractivity contribution is 14.1. The molecule has 3 nitrogen and oxygen atoms in total. The maximum Gasteiger partial charge on any atom is 0.192 e. The molecule has 0 saturated carbocycles. The summed E-state index contributed by atoms with van der Waals surface area (Å²) in [6.07, 6.45) is 6.37. The van der Waals surface area contributed by atoms with Crippen molar-refractivity contribution in [1.29, 1.82) is 0 Å². The first kappa shape index (κ1) is 11.5. The molecule has 2 aromatic heterocycles. The van der Waals surface area contributed by atoms with Gasteiger partial charge < -0.3 is 10.3 Å². The van der Waals surface area contributed by atoms with E-state index in [2.05, 4.69) is 33.8 Å². The Morgan fingerprint density at radius 2 is 2.12 bits per heavy atom. The van der Waals surface area contributed by atoms with E-state index in [9.17, 15) is 0 Å². The van der Waals surface area contributed by atoms with Crippen molar-refractivity contribution in [2.75, 3.05) is 5.73 Å². The number of aryl methyl sites for hydroxylation is 2. The first-order valence-electron chi connectivity index (χ1n) is 5.78. The first-order chi connectivity index (χ1) is 8.25. The van der Waals surface area contributed by atoms with Crippen LogP contribution in [0.4, 0.5) is 5.82 Å². The number of nitrogen functional groups attached to an aromatic ring is 1. The van der Waals surface area contributed by atoms with Gasteiger partial charge in [-0.2, -0.15) is 0 Å². The highest BCUT2D eigenvalue weighted by atomic mass is 127. The van der Waals surface area contributed by atoms with Crippen LogP contribution in [0.3, 0.4) is 0 Å². The molecule has 90 valence electrons.